The van der Waals surface area contributed by atoms with Gasteiger partial charge in [-0.15, -0.1) is 0 Å². The summed E-state index contributed by atoms with van der Waals surface area (Å²) in [5, 5.41) is 5.14. The number of primary sulfonamides is 1. The highest BCUT2D eigenvalue weighted by atomic mass is 32.2. The summed E-state index contributed by atoms with van der Waals surface area (Å²) in [6.07, 6.45) is 1.42. The molecule has 0 aliphatic carbocycles. The summed E-state index contributed by atoms with van der Waals surface area (Å²) < 4.78 is 24.6. The number of hydrogen-bond acceptors (Lipinski definition) is 3. The molecule has 1 rings (SSSR count). The fourth-order valence-corrected chi connectivity index (χ4v) is 2.63. The fraction of sp³-hybridized carbons (Fsp3) is 0.615. The van der Waals surface area contributed by atoms with Crippen molar-refractivity contribution >= 4 is 15.9 Å². The van der Waals surface area contributed by atoms with Crippen LogP contribution in [0.25, 0.3) is 0 Å². The second-order valence-corrected chi connectivity index (χ2v) is 6.85. The Kier molecular flexibility index (Phi) is 4.99. The highest BCUT2D eigenvalue weighted by Crippen LogP contribution is 2.20. The molecule has 0 aliphatic rings. The molecule has 0 saturated carbocycles. The number of carbonyl (C=O) groups is 1. The van der Waals surface area contributed by atoms with Gasteiger partial charge in [0.15, 0.2) is 0 Å². The molecule has 0 aromatic carbocycles. The lowest BCUT2D eigenvalue weighted by atomic mass is 10.2. The van der Waals surface area contributed by atoms with Gasteiger partial charge >= 0.3 is 0 Å². The van der Waals surface area contributed by atoms with Gasteiger partial charge in [0.05, 0.1) is 0 Å². The standard InChI is InChI=1S/C13H23N3O3S/c1-6-15(9(2)3)13(17)12-7-11(20(14,18)19)8-16(12)10(4)5/h7-10H,6H2,1-5H3,(H2,14,18,19). The zero-order valence-electron chi connectivity index (χ0n) is 12.6. The molecule has 1 heterocycles. The van der Waals surface area contributed by atoms with Crippen molar-refractivity contribution < 1.29 is 13.2 Å². The number of carbonyl (C=O) groups excluding carboxylic acids is 1. The number of hydrogen-bond donors (Lipinski definition) is 1. The van der Waals surface area contributed by atoms with Crippen LogP contribution < -0.4 is 5.14 Å². The Morgan fingerprint density at radius 1 is 1.35 bits per heavy atom. The Bertz CT molecular complexity index is 588. The average Bonchev–Trinajstić information content (AvgIpc) is 2.73. The maximum Gasteiger partial charge on any atom is 0.270 e. The first-order valence-corrected chi connectivity index (χ1v) is 8.19. The first kappa shape index (κ1) is 16.7. The van der Waals surface area contributed by atoms with Crippen molar-refractivity contribution in [3.05, 3.63) is 18.0 Å². The molecule has 6 nitrogen and oxygen atoms in total. The van der Waals surface area contributed by atoms with E-state index in [9.17, 15) is 13.2 Å². The molecule has 20 heavy (non-hydrogen) atoms. The normalized spacial score (nSPS) is 12.2. The highest BCUT2D eigenvalue weighted by molar-refractivity contribution is 7.89. The van der Waals surface area contributed by atoms with E-state index < -0.39 is 10.0 Å². The molecule has 0 spiro atoms. The lowest BCUT2D eigenvalue weighted by molar-refractivity contribution is 0.0704. The second-order valence-electron chi connectivity index (χ2n) is 5.29. The Morgan fingerprint density at radius 3 is 2.25 bits per heavy atom. The van der Waals surface area contributed by atoms with Crippen molar-refractivity contribution in [2.24, 2.45) is 5.14 Å². The molecule has 0 fully saturated rings. The largest absolute Gasteiger partial charge is 0.340 e. The van der Waals surface area contributed by atoms with Gasteiger partial charge in [0, 0.05) is 24.8 Å². The van der Waals surface area contributed by atoms with E-state index in [2.05, 4.69) is 0 Å². The van der Waals surface area contributed by atoms with Gasteiger partial charge < -0.3 is 9.47 Å². The average molecular weight is 301 g/mol. The molecule has 0 radical (unpaired) electrons. The highest BCUT2D eigenvalue weighted by Gasteiger charge is 2.24. The molecule has 2 N–H and O–H groups in total. The van der Waals surface area contributed by atoms with E-state index in [1.54, 1.807) is 9.47 Å². The maximum atomic E-state index is 12.6. The fourth-order valence-electron chi connectivity index (χ4n) is 2.10. The smallest absolute Gasteiger partial charge is 0.270 e. The minimum atomic E-state index is -3.82. The number of sulfonamides is 1. The van der Waals surface area contributed by atoms with Crippen LogP contribution in [0.5, 0.6) is 0 Å². The van der Waals surface area contributed by atoms with Crippen molar-refractivity contribution in [2.75, 3.05) is 6.54 Å². The zero-order chi connectivity index (χ0) is 15.7. The first-order chi connectivity index (χ1) is 9.09. The molecule has 1 amide bonds. The topological polar surface area (TPSA) is 85.4 Å². The van der Waals surface area contributed by atoms with E-state index in [-0.39, 0.29) is 22.9 Å². The Balaban J connectivity index is 3.36. The number of amides is 1. The molecular weight excluding hydrogens is 278 g/mol. The predicted molar refractivity (Wildman–Crippen MR) is 78.0 cm³/mol. The Morgan fingerprint density at radius 2 is 1.90 bits per heavy atom. The molecule has 1 aromatic heterocycles. The van der Waals surface area contributed by atoms with Crippen LogP contribution in [0.1, 0.15) is 51.1 Å². The lowest BCUT2D eigenvalue weighted by Gasteiger charge is -2.26. The molecule has 0 atom stereocenters. The molecule has 0 unspecified atom stereocenters. The minimum absolute atomic E-state index is 0.0321. The van der Waals surface area contributed by atoms with Gasteiger partial charge in [0.25, 0.3) is 5.91 Å². The molecule has 7 heteroatoms. The minimum Gasteiger partial charge on any atom is -0.340 e. The van der Waals surface area contributed by atoms with Crippen LogP contribution in [0.4, 0.5) is 0 Å². The van der Waals surface area contributed by atoms with Crippen LogP contribution in [0.15, 0.2) is 17.2 Å². The number of nitrogens with two attached hydrogens (primary N) is 1. The van der Waals surface area contributed by atoms with Gasteiger partial charge in [0.2, 0.25) is 10.0 Å². The third-order valence-corrected chi connectivity index (χ3v) is 4.03. The van der Waals surface area contributed by atoms with Gasteiger partial charge in [-0.3, -0.25) is 4.79 Å². The van der Waals surface area contributed by atoms with Gasteiger partial charge in [-0.25, -0.2) is 13.6 Å². The first-order valence-electron chi connectivity index (χ1n) is 6.65. The summed E-state index contributed by atoms with van der Waals surface area (Å²) in [5.41, 5.74) is 0.347. The zero-order valence-corrected chi connectivity index (χ0v) is 13.4. The molecule has 0 aliphatic heterocycles. The predicted octanol–water partition coefficient (Wildman–Crippen LogP) is 1.59. The van der Waals surface area contributed by atoms with Gasteiger partial charge in [-0.05, 0) is 40.7 Å². The monoisotopic (exact) mass is 301 g/mol. The number of rotatable bonds is 5. The van der Waals surface area contributed by atoms with E-state index >= 15 is 0 Å². The summed E-state index contributed by atoms with van der Waals surface area (Å²) in [4.78, 5) is 14.2. The van der Waals surface area contributed by atoms with Gasteiger partial charge in [-0.1, -0.05) is 0 Å². The van der Waals surface area contributed by atoms with E-state index in [4.69, 9.17) is 5.14 Å². The summed E-state index contributed by atoms with van der Waals surface area (Å²) >= 11 is 0. The van der Waals surface area contributed by atoms with Crippen molar-refractivity contribution in [1.82, 2.24) is 9.47 Å². The molecule has 0 saturated heterocycles. The van der Waals surface area contributed by atoms with Crippen LogP contribution in [0.2, 0.25) is 0 Å². The van der Waals surface area contributed by atoms with Gasteiger partial charge in [-0.2, -0.15) is 0 Å². The SMILES string of the molecule is CCN(C(=O)c1cc(S(N)(=O)=O)cn1C(C)C)C(C)C. The van der Waals surface area contributed by atoms with Crippen molar-refractivity contribution in [2.45, 2.75) is 51.6 Å². The summed E-state index contributed by atoms with van der Waals surface area (Å²) in [7, 11) is -3.82. The van der Waals surface area contributed by atoms with E-state index in [1.165, 1.54) is 12.3 Å². The Hall–Kier alpha value is -1.34. The quantitative estimate of drug-likeness (QED) is 0.896. The molecule has 1 aromatic rings. The van der Waals surface area contributed by atoms with Crippen LogP contribution in [-0.4, -0.2) is 36.4 Å². The maximum absolute atomic E-state index is 12.6. The van der Waals surface area contributed by atoms with E-state index in [1.807, 2.05) is 34.6 Å². The van der Waals surface area contributed by atoms with E-state index in [0.29, 0.717) is 12.2 Å². The van der Waals surface area contributed by atoms with Crippen molar-refractivity contribution in [3.63, 3.8) is 0 Å². The van der Waals surface area contributed by atoms with Crippen LogP contribution in [0, 0.1) is 0 Å². The van der Waals surface area contributed by atoms with Gasteiger partial charge in [0.1, 0.15) is 10.6 Å². The third kappa shape index (κ3) is 3.40. The number of aromatic nitrogens is 1. The summed E-state index contributed by atoms with van der Waals surface area (Å²) in [6, 6.07) is 1.36. The molecular formula is C13H23N3O3S. The van der Waals surface area contributed by atoms with Crippen molar-refractivity contribution in [1.29, 1.82) is 0 Å². The van der Waals surface area contributed by atoms with Crippen LogP contribution in [0.3, 0.4) is 0 Å². The van der Waals surface area contributed by atoms with Crippen LogP contribution >= 0.6 is 0 Å². The summed E-state index contributed by atoms with van der Waals surface area (Å²) in [5.74, 6) is -0.189. The molecule has 0 bridgehead atoms. The number of nitrogens with zero attached hydrogens (tertiary/aromatic N) is 2. The lowest BCUT2D eigenvalue weighted by Crippen LogP contribution is -2.37. The summed E-state index contributed by atoms with van der Waals surface area (Å²) in [6.45, 7) is 10.1. The Labute approximate surface area is 120 Å². The van der Waals surface area contributed by atoms with Crippen molar-refractivity contribution in [3.8, 4) is 0 Å². The van der Waals surface area contributed by atoms with E-state index in [0.717, 1.165) is 0 Å². The third-order valence-electron chi connectivity index (χ3n) is 3.15. The van der Waals surface area contributed by atoms with Crippen LogP contribution in [-0.2, 0) is 10.0 Å². The second kappa shape index (κ2) is 5.97. The molecule has 114 valence electrons.